The van der Waals surface area contributed by atoms with E-state index in [1.807, 2.05) is 74.8 Å². The molecule has 12 heteroatoms. The van der Waals surface area contributed by atoms with Crippen molar-refractivity contribution in [3.8, 4) is 33.8 Å². The lowest BCUT2D eigenvalue weighted by Gasteiger charge is -2.35. The highest BCUT2D eigenvalue weighted by atomic mass is 35.5. The van der Waals surface area contributed by atoms with Crippen LogP contribution in [0.3, 0.4) is 0 Å². The van der Waals surface area contributed by atoms with Crippen molar-refractivity contribution < 1.29 is 32.6 Å². The molecule has 2 aliphatic rings. The molecule has 9 nitrogen and oxygen atoms in total. The van der Waals surface area contributed by atoms with Crippen LogP contribution in [0.2, 0.25) is 0 Å². The number of likely N-dealkylation sites (tertiary alicyclic amines) is 1. The number of fused-ring (bicyclic) bond motifs is 1. The zero-order valence-corrected chi connectivity index (χ0v) is 34.2. The Morgan fingerprint density at radius 2 is 1.31 bits per heavy atom. The van der Waals surface area contributed by atoms with Gasteiger partial charge in [0.2, 0.25) is 5.91 Å². The van der Waals surface area contributed by atoms with Crippen molar-refractivity contribution in [3.05, 3.63) is 138 Å². The summed E-state index contributed by atoms with van der Waals surface area (Å²) in [6.45, 7) is 0.700. The Kier molecular flexibility index (Phi) is 13.2. The van der Waals surface area contributed by atoms with E-state index in [0.29, 0.717) is 58.7 Å². The fourth-order valence-electron chi connectivity index (χ4n) is 7.88. The molecule has 5 aromatic carbocycles. The first-order valence-electron chi connectivity index (χ1n) is 19.3. The Hall–Kier alpha value is -6.04. The normalized spacial score (nSPS) is 15.8. The summed E-state index contributed by atoms with van der Waals surface area (Å²) in [5.74, 6) is -3.46. The van der Waals surface area contributed by atoms with E-state index in [4.69, 9.17) is 9.47 Å². The molecule has 0 atom stereocenters. The van der Waals surface area contributed by atoms with Crippen LogP contribution in [0.25, 0.3) is 27.8 Å². The first-order chi connectivity index (χ1) is 28.0. The number of alkyl halides is 2. The molecule has 1 N–H and O–H groups in total. The number of carbonyl (C=O) groups excluding carboxylic acids is 3. The molecule has 0 aromatic heterocycles. The fraction of sp³-hybridized carbons (Fsp3) is 0.255. The molecule has 1 fully saturated rings. The van der Waals surface area contributed by atoms with Crippen molar-refractivity contribution in [1.82, 2.24) is 9.80 Å². The van der Waals surface area contributed by atoms with Crippen LogP contribution in [0.15, 0.2) is 121 Å². The number of para-hydroxylation sites is 3. The molecule has 1 saturated heterocycles. The number of nitrogens with one attached hydrogen (secondary N) is 1. The second-order valence-electron chi connectivity index (χ2n) is 14.7. The van der Waals surface area contributed by atoms with Crippen LogP contribution in [0, 0.1) is 0 Å². The van der Waals surface area contributed by atoms with Gasteiger partial charge in [0.1, 0.15) is 11.5 Å². The topological polar surface area (TPSA) is 91.4 Å². The smallest absolute Gasteiger partial charge is 0.275 e. The molecule has 3 amide bonds. The Morgan fingerprint density at radius 3 is 1.95 bits per heavy atom. The van der Waals surface area contributed by atoms with Crippen molar-refractivity contribution in [2.75, 3.05) is 58.2 Å². The highest BCUT2D eigenvalue weighted by Crippen LogP contribution is 2.45. The van der Waals surface area contributed by atoms with E-state index >= 15 is 8.78 Å². The Morgan fingerprint density at radius 1 is 0.729 bits per heavy atom. The van der Waals surface area contributed by atoms with Crippen LogP contribution >= 0.6 is 12.4 Å². The summed E-state index contributed by atoms with van der Waals surface area (Å²) >= 11 is 0. The van der Waals surface area contributed by atoms with Gasteiger partial charge in [0, 0.05) is 82.8 Å². The van der Waals surface area contributed by atoms with Gasteiger partial charge in [0.15, 0.2) is 0 Å². The summed E-state index contributed by atoms with van der Waals surface area (Å²) in [5, 5.41) is 2.97. The predicted octanol–water partition coefficient (Wildman–Crippen LogP) is 9.33. The number of rotatable bonds is 9. The summed E-state index contributed by atoms with van der Waals surface area (Å²) < 4.78 is 43.3. The third-order valence-corrected chi connectivity index (χ3v) is 11.0. The third kappa shape index (κ3) is 8.86. The molecule has 2 heterocycles. The van der Waals surface area contributed by atoms with Gasteiger partial charge >= 0.3 is 0 Å². The average molecular weight is 821 g/mol. The van der Waals surface area contributed by atoms with E-state index < -0.39 is 35.6 Å². The number of methoxy groups -OCH3 is 2. The van der Waals surface area contributed by atoms with Gasteiger partial charge in [-0.15, -0.1) is 12.4 Å². The minimum atomic E-state index is -3.36. The predicted molar refractivity (Wildman–Crippen MR) is 231 cm³/mol. The highest BCUT2D eigenvalue weighted by Gasteiger charge is 2.42. The van der Waals surface area contributed by atoms with E-state index in [9.17, 15) is 14.4 Å². The minimum Gasteiger partial charge on any atom is -0.496 e. The molecule has 0 radical (unpaired) electrons. The standard InChI is InChI=1S/C47H46F2N4O5.ClH/c1-51(2)33-24-27-52(28-25-33)43(54)30-39-36-13-5-8-17-40(36)53(29-26-47(39,48)49)46(56)31-20-22-32(23-21-31)50-45(55)38-16-11-15-35(34-12-6-9-18-41(34)57-3)44(38)37-14-7-10-19-42(37)58-4;/h5-23,30,33H,24-29H2,1-4H3,(H,50,55);1H/b39-30-;. The molecular formula is C47H47ClF2N4O5. The number of hydrogen-bond donors (Lipinski definition) is 1. The number of benzene rings is 5. The summed E-state index contributed by atoms with van der Waals surface area (Å²) in [5.41, 5.74) is 4.03. The lowest BCUT2D eigenvalue weighted by Crippen LogP contribution is -2.44. The maximum absolute atomic E-state index is 16.0. The van der Waals surface area contributed by atoms with Gasteiger partial charge < -0.3 is 29.5 Å². The highest BCUT2D eigenvalue weighted by molar-refractivity contribution is 6.13. The number of ether oxygens (including phenoxy) is 2. The fourth-order valence-corrected chi connectivity index (χ4v) is 7.88. The minimum absolute atomic E-state index is 0. The maximum atomic E-state index is 16.0. The number of allylic oxidation sites excluding steroid dienone is 1. The number of halogens is 3. The van der Waals surface area contributed by atoms with Crippen molar-refractivity contribution in [3.63, 3.8) is 0 Å². The van der Waals surface area contributed by atoms with Crippen LogP contribution in [-0.2, 0) is 4.79 Å². The lowest BCUT2D eigenvalue weighted by molar-refractivity contribution is -0.127. The van der Waals surface area contributed by atoms with E-state index in [-0.39, 0.29) is 30.1 Å². The zero-order valence-electron chi connectivity index (χ0n) is 33.4. The average Bonchev–Trinajstić information content (AvgIpc) is 3.36. The first kappa shape index (κ1) is 42.6. The summed E-state index contributed by atoms with van der Waals surface area (Å²) in [4.78, 5) is 46.7. The van der Waals surface area contributed by atoms with Crippen LogP contribution < -0.4 is 19.7 Å². The number of amides is 3. The van der Waals surface area contributed by atoms with Crippen LogP contribution in [0.5, 0.6) is 11.5 Å². The number of nitrogens with zero attached hydrogens (tertiary/aromatic N) is 3. The summed E-state index contributed by atoms with van der Waals surface area (Å²) in [6, 6.07) is 33.7. The van der Waals surface area contributed by atoms with E-state index in [1.54, 1.807) is 67.7 Å². The third-order valence-electron chi connectivity index (χ3n) is 11.0. The van der Waals surface area contributed by atoms with E-state index in [0.717, 1.165) is 30.0 Å². The van der Waals surface area contributed by atoms with Crippen molar-refractivity contribution in [2.24, 2.45) is 0 Å². The van der Waals surface area contributed by atoms with Gasteiger partial charge in [-0.3, -0.25) is 14.4 Å². The molecule has 59 heavy (non-hydrogen) atoms. The second kappa shape index (κ2) is 18.3. The quantitative estimate of drug-likeness (QED) is 0.149. The molecule has 306 valence electrons. The molecule has 5 aromatic rings. The van der Waals surface area contributed by atoms with Crippen molar-refractivity contribution in [1.29, 1.82) is 0 Å². The van der Waals surface area contributed by atoms with Gasteiger partial charge in [0.25, 0.3) is 17.7 Å². The van der Waals surface area contributed by atoms with Crippen molar-refractivity contribution in [2.45, 2.75) is 31.2 Å². The summed E-state index contributed by atoms with van der Waals surface area (Å²) in [6.07, 6.45) is 1.93. The van der Waals surface area contributed by atoms with Gasteiger partial charge in [-0.25, -0.2) is 8.78 Å². The van der Waals surface area contributed by atoms with Crippen molar-refractivity contribution >= 4 is 47.1 Å². The Bertz CT molecular complexity index is 2360. The first-order valence-corrected chi connectivity index (χ1v) is 19.3. The SMILES string of the molecule is COc1ccccc1-c1cccc(C(=O)Nc2ccc(C(=O)N3CCC(F)(F)/C(=C\C(=O)N4CCC(N(C)C)CC4)c4ccccc43)cc2)c1-c1ccccc1OC.Cl. The van der Waals surface area contributed by atoms with Gasteiger partial charge in [0.05, 0.1) is 19.9 Å². The lowest BCUT2D eigenvalue weighted by atomic mass is 9.89. The zero-order chi connectivity index (χ0) is 41.0. The van der Waals surface area contributed by atoms with E-state index in [2.05, 4.69) is 10.2 Å². The van der Waals surface area contributed by atoms with Crippen LogP contribution in [0.1, 0.15) is 45.5 Å². The molecular weight excluding hydrogens is 774 g/mol. The Labute approximate surface area is 349 Å². The molecule has 0 bridgehead atoms. The molecule has 2 aliphatic heterocycles. The summed E-state index contributed by atoms with van der Waals surface area (Å²) in [7, 11) is 7.17. The molecule has 0 saturated carbocycles. The largest absolute Gasteiger partial charge is 0.496 e. The van der Waals surface area contributed by atoms with Crippen LogP contribution in [-0.4, -0.2) is 87.4 Å². The number of hydrogen-bond acceptors (Lipinski definition) is 6. The molecule has 0 spiro atoms. The number of piperidine rings is 1. The van der Waals surface area contributed by atoms with E-state index in [1.165, 1.54) is 11.0 Å². The Balaban J connectivity index is 0.00000585. The van der Waals surface area contributed by atoms with Crippen LogP contribution in [0.4, 0.5) is 20.2 Å². The van der Waals surface area contributed by atoms with Gasteiger partial charge in [-0.1, -0.05) is 66.7 Å². The molecule has 7 rings (SSSR count). The molecule has 0 aliphatic carbocycles. The maximum Gasteiger partial charge on any atom is 0.275 e. The number of anilines is 2. The monoisotopic (exact) mass is 820 g/mol. The van der Waals surface area contributed by atoms with Gasteiger partial charge in [-0.05, 0) is 81.0 Å². The second-order valence-corrected chi connectivity index (χ2v) is 14.7. The van der Waals surface area contributed by atoms with Gasteiger partial charge in [-0.2, -0.15) is 0 Å². The molecule has 0 unspecified atom stereocenters. The number of carbonyl (C=O) groups is 3.